The molecule has 3 aliphatic heterocycles. The molecule has 0 radical (unpaired) electrons. The van der Waals surface area contributed by atoms with Crippen molar-refractivity contribution in [1.82, 2.24) is 9.80 Å². The van der Waals surface area contributed by atoms with Gasteiger partial charge in [0.2, 0.25) is 5.91 Å². The molecule has 1 amide bonds. The van der Waals surface area contributed by atoms with Crippen LogP contribution in [-0.4, -0.2) is 105 Å². The first kappa shape index (κ1) is 35.6. The zero-order chi connectivity index (χ0) is 34.7. The molecule has 10 heteroatoms. The molecule has 1 N–H and O–H groups in total. The smallest absolute Gasteiger partial charge is 0.306 e. The van der Waals surface area contributed by atoms with Crippen LogP contribution in [0.1, 0.15) is 81.8 Å². The van der Waals surface area contributed by atoms with Crippen LogP contribution in [0.3, 0.4) is 0 Å². The molecular weight excluding hydrogens is 625 g/mol. The van der Waals surface area contributed by atoms with Crippen molar-refractivity contribution in [2.45, 2.75) is 94.9 Å². The second-order valence-electron chi connectivity index (χ2n) is 14.9. The first-order chi connectivity index (χ1) is 23.6. The second kappa shape index (κ2) is 15.8. The first-order valence-electron chi connectivity index (χ1n) is 18.2. The number of carbonyl (C=O) groups is 2. The predicted molar refractivity (Wildman–Crippen MR) is 187 cm³/mol. The maximum atomic E-state index is 14.8. The highest BCUT2D eigenvalue weighted by molar-refractivity contribution is 5.81. The van der Waals surface area contributed by atoms with Gasteiger partial charge in [0.25, 0.3) is 0 Å². The van der Waals surface area contributed by atoms with Crippen LogP contribution < -0.4 is 9.64 Å². The number of halogens is 1. The van der Waals surface area contributed by atoms with Crippen LogP contribution in [-0.2, 0) is 19.1 Å². The third-order valence-corrected chi connectivity index (χ3v) is 11.5. The third kappa shape index (κ3) is 8.07. The minimum Gasteiger partial charge on any atom is -0.497 e. The van der Waals surface area contributed by atoms with Crippen molar-refractivity contribution in [1.29, 1.82) is 0 Å². The molecule has 0 bridgehead atoms. The topological polar surface area (TPSA) is 91.8 Å². The van der Waals surface area contributed by atoms with Crippen LogP contribution in [0.4, 0.5) is 10.1 Å². The van der Waals surface area contributed by atoms with Crippen LogP contribution in [0, 0.1) is 17.7 Å². The summed E-state index contributed by atoms with van der Waals surface area (Å²) in [5.41, 5.74) is 2.99. The van der Waals surface area contributed by atoms with E-state index >= 15 is 0 Å². The van der Waals surface area contributed by atoms with Gasteiger partial charge in [-0.15, -0.1) is 0 Å². The Hall–Kier alpha value is -3.21. The summed E-state index contributed by atoms with van der Waals surface area (Å²) in [5.74, 6) is -0.599. The van der Waals surface area contributed by atoms with Gasteiger partial charge in [-0.25, -0.2) is 4.39 Å². The number of nitrogens with zero attached hydrogens (tertiary/aromatic N) is 3. The third-order valence-electron chi connectivity index (χ3n) is 11.5. The average Bonchev–Trinajstić information content (AvgIpc) is 3.74. The highest BCUT2D eigenvalue weighted by Crippen LogP contribution is 2.43. The molecular formula is C39H54FN3O6. The Kier molecular flexibility index (Phi) is 11.5. The quantitative estimate of drug-likeness (QED) is 0.313. The fraction of sp³-hybridized carbons (Fsp3) is 0.641. The number of carboxylic acid groups (broad SMARTS) is 1. The lowest BCUT2D eigenvalue weighted by Crippen LogP contribution is -2.44. The van der Waals surface area contributed by atoms with E-state index in [-0.39, 0.29) is 47.5 Å². The Bertz CT molecular complexity index is 1420. The van der Waals surface area contributed by atoms with E-state index in [0.29, 0.717) is 51.2 Å². The second-order valence-corrected chi connectivity index (χ2v) is 14.9. The highest BCUT2D eigenvalue weighted by Gasteiger charge is 2.47. The Morgan fingerprint density at radius 3 is 2.29 bits per heavy atom. The number of likely N-dealkylation sites (tertiary alicyclic amines) is 2. The highest BCUT2D eigenvalue weighted by atomic mass is 19.1. The average molecular weight is 680 g/mol. The van der Waals surface area contributed by atoms with Crippen molar-refractivity contribution in [2.24, 2.45) is 11.8 Å². The number of amides is 1. The predicted octanol–water partition coefficient (Wildman–Crippen LogP) is 5.92. The number of rotatable bonds is 11. The number of carbonyl (C=O) groups excluding carboxylic acids is 1. The first-order valence-corrected chi connectivity index (χ1v) is 18.2. The lowest BCUT2D eigenvalue weighted by Gasteiger charge is -2.35. The molecule has 3 heterocycles. The van der Waals surface area contributed by atoms with Gasteiger partial charge in [-0.05, 0) is 94.2 Å². The molecule has 6 rings (SSSR count). The van der Waals surface area contributed by atoms with Crippen molar-refractivity contribution in [3.63, 3.8) is 0 Å². The lowest BCUT2D eigenvalue weighted by atomic mass is 9.87. The number of hydrogen-bond acceptors (Lipinski definition) is 7. The summed E-state index contributed by atoms with van der Waals surface area (Å²) in [5, 5.41) is 9.52. The number of aliphatic carboxylic acids is 1. The van der Waals surface area contributed by atoms with E-state index in [9.17, 15) is 19.1 Å². The van der Waals surface area contributed by atoms with Gasteiger partial charge < -0.3 is 29.1 Å². The molecule has 4 fully saturated rings. The molecule has 1 saturated carbocycles. The SMILES string of the molecule is COC[C@@H]1C[C@@H](c2ccc(F)cc2N2CCC(C(=O)O)CC2)CN1C(=O)[C@@H]1CN(C2CCC(OC(C)C)CC2)C[C@H]1c1ccc(OC)cc1. The number of anilines is 1. The Balaban J connectivity index is 1.23. The van der Waals surface area contributed by atoms with Crippen LogP contribution in [0.25, 0.3) is 0 Å². The van der Waals surface area contributed by atoms with Gasteiger partial charge in [0.1, 0.15) is 11.6 Å². The van der Waals surface area contributed by atoms with Gasteiger partial charge in [0.15, 0.2) is 0 Å². The van der Waals surface area contributed by atoms with Crippen LogP contribution in [0.2, 0.25) is 0 Å². The zero-order valence-electron chi connectivity index (χ0n) is 29.6. The van der Waals surface area contributed by atoms with Gasteiger partial charge in [0, 0.05) is 63.4 Å². The number of benzene rings is 2. The van der Waals surface area contributed by atoms with Crippen molar-refractivity contribution >= 4 is 17.6 Å². The molecule has 0 unspecified atom stereocenters. The van der Waals surface area contributed by atoms with Gasteiger partial charge in [0.05, 0.1) is 43.8 Å². The number of piperidine rings is 1. The number of ether oxygens (including phenoxy) is 3. The van der Waals surface area contributed by atoms with E-state index in [0.717, 1.165) is 67.8 Å². The molecule has 49 heavy (non-hydrogen) atoms. The van der Waals surface area contributed by atoms with Gasteiger partial charge in [-0.3, -0.25) is 14.5 Å². The monoisotopic (exact) mass is 679 g/mol. The lowest BCUT2D eigenvalue weighted by molar-refractivity contribution is -0.142. The standard InChI is InChI=1S/C39H54FN3O6/c1-25(2)49-33-12-8-30(9-13-33)42-22-35(26-5-10-32(48-4)11-6-26)36(23-42)38(44)43-21-28(19-31(43)24-47-3)34-14-7-29(40)20-37(34)41-17-15-27(16-18-41)39(45)46/h5-7,10-11,14,20,25,27-28,30-31,33,35-36H,8-9,12-13,15-19,21-24H2,1-4H3,(H,45,46)/t28-,30?,31+,33?,35+,36-/m1/s1. The van der Waals surface area contributed by atoms with Gasteiger partial charge in [-0.1, -0.05) is 18.2 Å². The van der Waals surface area contributed by atoms with E-state index in [2.05, 4.69) is 40.7 Å². The number of hydrogen-bond donors (Lipinski definition) is 1. The molecule has 9 nitrogen and oxygen atoms in total. The molecule has 2 aromatic carbocycles. The molecule has 1 aliphatic carbocycles. The van der Waals surface area contributed by atoms with E-state index < -0.39 is 5.97 Å². The molecule has 268 valence electrons. The fourth-order valence-corrected chi connectivity index (χ4v) is 8.98. The minimum absolute atomic E-state index is 0.0186. The van der Waals surface area contributed by atoms with Gasteiger partial charge in [-0.2, -0.15) is 0 Å². The van der Waals surface area contributed by atoms with Gasteiger partial charge >= 0.3 is 5.97 Å². The van der Waals surface area contributed by atoms with Crippen molar-refractivity contribution in [3.05, 3.63) is 59.4 Å². The van der Waals surface area contributed by atoms with Crippen molar-refractivity contribution < 1.29 is 33.3 Å². The maximum absolute atomic E-state index is 14.8. The maximum Gasteiger partial charge on any atom is 0.306 e. The van der Waals surface area contributed by atoms with E-state index in [1.165, 1.54) is 6.07 Å². The van der Waals surface area contributed by atoms with Crippen LogP contribution >= 0.6 is 0 Å². The van der Waals surface area contributed by atoms with Crippen LogP contribution in [0.5, 0.6) is 5.75 Å². The summed E-state index contributed by atoms with van der Waals surface area (Å²) in [7, 11) is 3.35. The largest absolute Gasteiger partial charge is 0.497 e. The summed E-state index contributed by atoms with van der Waals surface area (Å²) in [6, 6.07) is 13.5. The summed E-state index contributed by atoms with van der Waals surface area (Å²) >= 11 is 0. The van der Waals surface area contributed by atoms with E-state index in [4.69, 9.17) is 14.2 Å². The zero-order valence-corrected chi connectivity index (χ0v) is 29.6. The molecule has 4 atom stereocenters. The molecule has 3 saturated heterocycles. The van der Waals surface area contributed by atoms with Crippen LogP contribution in [0.15, 0.2) is 42.5 Å². The summed E-state index contributed by atoms with van der Waals surface area (Å²) < 4.78 is 32.0. The molecule has 0 spiro atoms. The Morgan fingerprint density at radius 1 is 0.939 bits per heavy atom. The molecule has 0 aromatic heterocycles. The summed E-state index contributed by atoms with van der Waals surface area (Å²) in [4.78, 5) is 33.2. The number of carboxylic acids is 1. The molecule has 4 aliphatic rings. The summed E-state index contributed by atoms with van der Waals surface area (Å²) in [6.45, 7) is 7.87. The Labute approximate surface area is 290 Å². The Morgan fingerprint density at radius 2 is 1.65 bits per heavy atom. The van der Waals surface area contributed by atoms with Crippen molar-refractivity contribution in [2.75, 3.05) is 58.5 Å². The normalized spacial score (nSPS) is 28.4. The summed E-state index contributed by atoms with van der Waals surface area (Å²) in [6.07, 6.45) is 6.57. The van der Waals surface area contributed by atoms with Crippen molar-refractivity contribution in [3.8, 4) is 5.75 Å². The minimum atomic E-state index is -0.766. The molecule has 2 aromatic rings. The van der Waals surface area contributed by atoms with E-state index in [1.807, 2.05) is 18.2 Å². The van der Waals surface area contributed by atoms with E-state index in [1.54, 1.807) is 20.3 Å². The fourth-order valence-electron chi connectivity index (χ4n) is 8.98. The number of methoxy groups -OCH3 is 2.